The number of aromatic amines is 1. The summed E-state index contributed by atoms with van der Waals surface area (Å²) in [6.07, 6.45) is 4.79. The van der Waals surface area contributed by atoms with Gasteiger partial charge >= 0.3 is 6.09 Å². The number of hydrogen-bond donors (Lipinski definition) is 4. The molecule has 0 radical (unpaired) electrons. The lowest BCUT2D eigenvalue weighted by molar-refractivity contribution is 0.0981. The highest BCUT2D eigenvalue weighted by molar-refractivity contribution is 5.72. The van der Waals surface area contributed by atoms with Crippen molar-refractivity contribution in [3.8, 4) is 0 Å². The number of ether oxygens (including phenoxy) is 1. The van der Waals surface area contributed by atoms with Gasteiger partial charge in [0.1, 0.15) is 11.6 Å². The van der Waals surface area contributed by atoms with Crippen LogP contribution in [-0.4, -0.2) is 48.1 Å². The molecule has 0 aliphatic heterocycles. The van der Waals surface area contributed by atoms with Crippen molar-refractivity contribution in [1.29, 1.82) is 0 Å². The van der Waals surface area contributed by atoms with Crippen molar-refractivity contribution in [2.45, 2.75) is 64.2 Å². The molecule has 3 aromatic heterocycles. The normalized spacial score (nSPS) is 19.9. The number of nitrogens with zero attached hydrogens (tertiary/aromatic N) is 4. The maximum atomic E-state index is 11.8. The van der Waals surface area contributed by atoms with Crippen LogP contribution in [0.4, 0.5) is 16.4 Å². The maximum Gasteiger partial charge on any atom is 0.407 e. The molecule has 1 amide bonds. The summed E-state index contributed by atoms with van der Waals surface area (Å²) in [5.41, 5.74) is 2.33. The van der Waals surface area contributed by atoms with Crippen molar-refractivity contribution in [3.05, 3.63) is 35.9 Å². The topological polar surface area (TPSA) is 129 Å². The van der Waals surface area contributed by atoms with E-state index in [0.717, 1.165) is 30.5 Å². The summed E-state index contributed by atoms with van der Waals surface area (Å²) >= 11 is 0. The standard InChI is InChI=1S/C20H27N7O3/c1-11(2)22-20(29)30-14-5-4-13(8-14)16-10-18(25-24-16)23-19-17-9-15(12(3)28)26-27(17)7-6-21-19/h6-7,9-14,28H,4-5,8H2,1-3H3,(H,22,29)(H2,21,23,24,25). The van der Waals surface area contributed by atoms with Gasteiger partial charge < -0.3 is 20.5 Å². The molecule has 10 nitrogen and oxygen atoms in total. The number of rotatable bonds is 6. The van der Waals surface area contributed by atoms with Gasteiger partial charge in [-0.15, -0.1) is 0 Å². The molecule has 10 heteroatoms. The van der Waals surface area contributed by atoms with Gasteiger partial charge in [0.2, 0.25) is 0 Å². The van der Waals surface area contributed by atoms with Gasteiger partial charge in [-0.25, -0.2) is 14.3 Å². The Morgan fingerprint density at radius 3 is 2.93 bits per heavy atom. The van der Waals surface area contributed by atoms with Gasteiger partial charge in [-0.05, 0) is 46.1 Å². The molecular weight excluding hydrogens is 386 g/mol. The van der Waals surface area contributed by atoms with Gasteiger partial charge in [0.25, 0.3) is 0 Å². The smallest absolute Gasteiger partial charge is 0.407 e. The number of anilines is 2. The van der Waals surface area contributed by atoms with E-state index in [1.54, 1.807) is 29.9 Å². The number of H-pyrrole nitrogens is 1. The van der Waals surface area contributed by atoms with Crippen LogP contribution in [0.1, 0.15) is 63.4 Å². The molecule has 1 fully saturated rings. The number of alkyl carbamates (subject to hydrolysis) is 1. The number of aliphatic hydroxyl groups excluding tert-OH is 1. The quantitative estimate of drug-likeness (QED) is 0.489. The Morgan fingerprint density at radius 1 is 1.33 bits per heavy atom. The SMILES string of the molecule is CC(C)NC(=O)OC1CCC(c2cc(Nc3nccn4nc(C(C)O)cc34)n[nH]2)C1. The van der Waals surface area contributed by atoms with Crippen LogP contribution < -0.4 is 10.6 Å². The van der Waals surface area contributed by atoms with E-state index >= 15 is 0 Å². The van der Waals surface area contributed by atoms with Crippen LogP contribution in [0, 0.1) is 0 Å². The van der Waals surface area contributed by atoms with Crippen molar-refractivity contribution in [1.82, 2.24) is 30.1 Å². The Kier molecular flexibility index (Phi) is 5.58. The van der Waals surface area contributed by atoms with Crippen molar-refractivity contribution in [2.75, 3.05) is 5.32 Å². The Hall–Kier alpha value is -3.14. The van der Waals surface area contributed by atoms with Gasteiger partial charge in [-0.3, -0.25) is 5.10 Å². The molecule has 4 N–H and O–H groups in total. The summed E-state index contributed by atoms with van der Waals surface area (Å²) in [6, 6.07) is 3.81. The van der Waals surface area contributed by atoms with Crippen LogP contribution in [0.25, 0.3) is 5.52 Å². The second kappa shape index (κ2) is 8.31. The van der Waals surface area contributed by atoms with Crippen molar-refractivity contribution in [2.24, 2.45) is 0 Å². The Labute approximate surface area is 174 Å². The van der Waals surface area contributed by atoms with Crippen molar-refractivity contribution >= 4 is 23.2 Å². The largest absolute Gasteiger partial charge is 0.446 e. The number of aliphatic hydroxyl groups is 1. The minimum absolute atomic E-state index is 0.0569. The molecule has 0 aromatic carbocycles. The zero-order valence-electron chi connectivity index (χ0n) is 17.3. The molecule has 160 valence electrons. The van der Waals surface area contributed by atoms with E-state index in [0.29, 0.717) is 17.3 Å². The van der Waals surface area contributed by atoms with E-state index in [1.807, 2.05) is 19.9 Å². The van der Waals surface area contributed by atoms with Crippen molar-refractivity contribution < 1.29 is 14.6 Å². The van der Waals surface area contributed by atoms with Gasteiger partial charge in [0.05, 0.1) is 11.8 Å². The lowest BCUT2D eigenvalue weighted by Gasteiger charge is -2.14. The highest BCUT2D eigenvalue weighted by Gasteiger charge is 2.30. The zero-order valence-corrected chi connectivity index (χ0v) is 17.3. The molecule has 3 unspecified atom stereocenters. The van der Waals surface area contributed by atoms with Crippen LogP contribution in [-0.2, 0) is 4.74 Å². The Bertz CT molecular complexity index is 1030. The Morgan fingerprint density at radius 2 is 2.17 bits per heavy atom. The predicted molar refractivity (Wildman–Crippen MR) is 111 cm³/mol. The molecule has 3 aromatic rings. The number of carbonyl (C=O) groups excluding carboxylic acids is 1. The summed E-state index contributed by atoms with van der Waals surface area (Å²) in [5, 5.41) is 27.5. The number of hydrogen-bond acceptors (Lipinski definition) is 7. The van der Waals surface area contributed by atoms with Gasteiger partial charge in [0, 0.05) is 36.1 Å². The molecule has 0 bridgehead atoms. The maximum absolute atomic E-state index is 11.8. The lowest BCUT2D eigenvalue weighted by Crippen LogP contribution is -2.33. The van der Waals surface area contributed by atoms with E-state index in [2.05, 4.69) is 30.9 Å². The van der Waals surface area contributed by atoms with Gasteiger partial charge in [-0.1, -0.05) is 0 Å². The average Bonchev–Trinajstić information content (AvgIpc) is 3.39. The first-order chi connectivity index (χ1) is 14.4. The third-order valence-electron chi connectivity index (χ3n) is 5.19. The summed E-state index contributed by atoms with van der Waals surface area (Å²) in [4.78, 5) is 16.2. The summed E-state index contributed by atoms with van der Waals surface area (Å²) in [7, 11) is 0. The van der Waals surface area contributed by atoms with Crippen LogP contribution >= 0.6 is 0 Å². The molecule has 1 aliphatic carbocycles. The molecule has 3 atom stereocenters. The molecular formula is C20H27N7O3. The molecule has 3 heterocycles. The van der Waals surface area contributed by atoms with Crippen molar-refractivity contribution in [3.63, 3.8) is 0 Å². The molecule has 4 rings (SSSR count). The fraction of sp³-hybridized carbons (Fsp3) is 0.500. The van der Waals surface area contributed by atoms with Crippen LogP contribution in [0.2, 0.25) is 0 Å². The van der Waals surface area contributed by atoms with E-state index in [-0.39, 0.29) is 24.2 Å². The highest BCUT2D eigenvalue weighted by Crippen LogP contribution is 2.36. The lowest BCUT2D eigenvalue weighted by atomic mass is 10.0. The number of carbonyl (C=O) groups is 1. The van der Waals surface area contributed by atoms with Gasteiger partial charge in [0.15, 0.2) is 11.6 Å². The number of nitrogens with one attached hydrogen (secondary N) is 3. The molecule has 0 saturated heterocycles. The minimum Gasteiger partial charge on any atom is -0.446 e. The van der Waals surface area contributed by atoms with E-state index in [9.17, 15) is 9.90 Å². The molecule has 1 aliphatic rings. The van der Waals surface area contributed by atoms with Crippen LogP contribution in [0.3, 0.4) is 0 Å². The number of aromatic nitrogens is 5. The molecule has 0 spiro atoms. The van der Waals surface area contributed by atoms with Gasteiger partial charge in [-0.2, -0.15) is 10.2 Å². The van der Waals surface area contributed by atoms with E-state index in [1.165, 1.54) is 0 Å². The monoisotopic (exact) mass is 413 g/mol. The fourth-order valence-electron chi connectivity index (χ4n) is 3.72. The summed E-state index contributed by atoms with van der Waals surface area (Å²) < 4.78 is 7.18. The number of fused-ring (bicyclic) bond motifs is 1. The first kappa shape index (κ1) is 20.1. The Balaban J connectivity index is 1.42. The second-order valence-electron chi connectivity index (χ2n) is 8.02. The predicted octanol–water partition coefficient (Wildman–Crippen LogP) is 3.02. The number of amides is 1. The highest BCUT2D eigenvalue weighted by atomic mass is 16.6. The fourth-order valence-corrected chi connectivity index (χ4v) is 3.72. The zero-order chi connectivity index (χ0) is 21.3. The first-order valence-electron chi connectivity index (χ1n) is 10.2. The second-order valence-corrected chi connectivity index (χ2v) is 8.02. The average molecular weight is 413 g/mol. The van der Waals surface area contributed by atoms with Crippen LogP contribution in [0.15, 0.2) is 24.5 Å². The van der Waals surface area contributed by atoms with E-state index in [4.69, 9.17) is 4.74 Å². The van der Waals surface area contributed by atoms with E-state index < -0.39 is 6.10 Å². The molecule has 1 saturated carbocycles. The minimum atomic E-state index is -0.658. The first-order valence-corrected chi connectivity index (χ1v) is 10.2. The summed E-state index contributed by atoms with van der Waals surface area (Å²) in [6.45, 7) is 5.48. The summed E-state index contributed by atoms with van der Waals surface area (Å²) in [5.74, 6) is 1.51. The third kappa shape index (κ3) is 4.38. The van der Waals surface area contributed by atoms with Crippen LogP contribution in [0.5, 0.6) is 0 Å². The third-order valence-corrected chi connectivity index (χ3v) is 5.19. The molecule has 30 heavy (non-hydrogen) atoms.